The zero-order valence-corrected chi connectivity index (χ0v) is 9.96. The van der Waals surface area contributed by atoms with Crippen molar-refractivity contribution >= 4 is 0 Å². The second kappa shape index (κ2) is 9.47. The molecule has 0 heterocycles. The highest BCUT2D eigenvalue weighted by Crippen LogP contribution is 2.11. The molecule has 2 nitrogen and oxygen atoms in total. The molecular formula is C12H26O2. The van der Waals surface area contributed by atoms with Gasteiger partial charge in [0.15, 0.2) is 0 Å². The number of hydrogen-bond donors (Lipinski definition) is 1. The van der Waals surface area contributed by atoms with Gasteiger partial charge in [-0.1, -0.05) is 33.6 Å². The van der Waals surface area contributed by atoms with Crippen LogP contribution in [0.15, 0.2) is 0 Å². The highest BCUT2D eigenvalue weighted by molar-refractivity contribution is 4.53. The molecule has 0 saturated heterocycles. The maximum Gasteiger partial charge on any atom is 0.0771 e. The van der Waals surface area contributed by atoms with Crippen LogP contribution in [0.5, 0.6) is 0 Å². The van der Waals surface area contributed by atoms with Crippen molar-refractivity contribution in [1.82, 2.24) is 0 Å². The van der Waals surface area contributed by atoms with Gasteiger partial charge in [-0.05, 0) is 25.2 Å². The van der Waals surface area contributed by atoms with E-state index in [1.807, 2.05) is 6.92 Å². The molecule has 0 saturated carbocycles. The molecule has 2 heteroatoms. The van der Waals surface area contributed by atoms with E-state index in [0.29, 0.717) is 6.61 Å². The third-order valence-corrected chi connectivity index (χ3v) is 2.55. The second-order valence-electron chi connectivity index (χ2n) is 4.17. The summed E-state index contributed by atoms with van der Waals surface area (Å²) in [5.74, 6) is 0.819. The van der Waals surface area contributed by atoms with Crippen molar-refractivity contribution in [2.24, 2.45) is 5.92 Å². The van der Waals surface area contributed by atoms with Crippen LogP contribution in [-0.4, -0.2) is 24.4 Å². The zero-order valence-electron chi connectivity index (χ0n) is 9.96. The molecule has 0 amide bonds. The molecule has 2 unspecified atom stereocenters. The molecule has 0 aromatic carbocycles. The first-order chi connectivity index (χ1) is 6.70. The summed E-state index contributed by atoms with van der Waals surface area (Å²) in [5.41, 5.74) is 0. The fraction of sp³-hybridized carbons (Fsp3) is 1.00. The second-order valence-corrected chi connectivity index (χ2v) is 4.17. The molecule has 0 rings (SSSR count). The summed E-state index contributed by atoms with van der Waals surface area (Å²) >= 11 is 0. The third-order valence-electron chi connectivity index (χ3n) is 2.55. The maximum absolute atomic E-state index is 9.23. The third kappa shape index (κ3) is 8.52. The molecule has 14 heavy (non-hydrogen) atoms. The molecule has 0 bridgehead atoms. The first-order valence-electron chi connectivity index (χ1n) is 5.96. The molecule has 0 aliphatic carbocycles. The molecule has 0 aliphatic rings. The van der Waals surface area contributed by atoms with Crippen molar-refractivity contribution in [3.63, 3.8) is 0 Å². The summed E-state index contributed by atoms with van der Waals surface area (Å²) < 4.78 is 5.36. The first-order valence-corrected chi connectivity index (χ1v) is 5.96. The van der Waals surface area contributed by atoms with Crippen molar-refractivity contribution < 1.29 is 9.84 Å². The van der Waals surface area contributed by atoms with Gasteiger partial charge in [0.1, 0.15) is 0 Å². The highest BCUT2D eigenvalue weighted by Gasteiger charge is 2.02. The smallest absolute Gasteiger partial charge is 0.0771 e. The van der Waals surface area contributed by atoms with Crippen molar-refractivity contribution in [1.29, 1.82) is 0 Å². The SMILES string of the molecule is CCCC(C)CCCOCC(O)CC. The lowest BCUT2D eigenvalue weighted by Gasteiger charge is -2.11. The summed E-state index contributed by atoms with van der Waals surface area (Å²) in [4.78, 5) is 0. The van der Waals surface area contributed by atoms with Gasteiger partial charge in [0, 0.05) is 6.61 Å². The average Bonchev–Trinajstić information content (AvgIpc) is 2.17. The van der Waals surface area contributed by atoms with Crippen LogP contribution in [-0.2, 0) is 4.74 Å². The van der Waals surface area contributed by atoms with E-state index in [2.05, 4.69) is 13.8 Å². The van der Waals surface area contributed by atoms with Gasteiger partial charge in [-0.3, -0.25) is 0 Å². The summed E-state index contributed by atoms with van der Waals surface area (Å²) in [7, 11) is 0. The van der Waals surface area contributed by atoms with Crippen molar-refractivity contribution in [3.8, 4) is 0 Å². The highest BCUT2D eigenvalue weighted by atomic mass is 16.5. The molecule has 0 fully saturated rings. The van der Waals surface area contributed by atoms with Gasteiger partial charge in [0.05, 0.1) is 12.7 Å². The number of aliphatic hydroxyl groups is 1. The van der Waals surface area contributed by atoms with Crippen molar-refractivity contribution in [3.05, 3.63) is 0 Å². The number of rotatable bonds is 9. The fourth-order valence-electron chi connectivity index (χ4n) is 1.51. The van der Waals surface area contributed by atoms with Crippen LogP contribution in [0.2, 0.25) is 0 Å². The standard InChI is InChI=1S/C12H26O2/c1-4-7-11(3)8-6-9-14-10-12(13)5-2/h11-13H,4-10H2,1-3H3. The lowest BCUT2D eigenvalue weighted by Crippen LogP contribution is -2.14. The lowest BCUT2D eigenvalue weighted by molar-refractivity contribution is 0.0326. The molecular weight excluding hydrogens is 176 g/mol. The normalized spacial score (nSPS) is 15.4. The fourth-order valence-corrected chi connectivity index (χ4v) is 1.51. The number of aliphatic hydroxyl groups excluding tert-OH is 1. The molecule has 0 spiro atoms. The van der Waals surface area contributed by atoms with Gasteiger partial charge in [-0.2, -0.15) is 0 Å². The van der Waals surface area contributed by atoms with Crippen LogP contribution in [0.1, 0.15) is 52.9 Å². The van der Waals surface area contributed by atoms with Gasteiger partial charge in [0.2, 0.25) is 0 Å². The molecule has 0 radical (unpaired) electrons. The van der Waals surface area contributed by atoms with E-state index in [4.69, 9.17) is 4.74 Å². The Morgan fingerprint density at radius 3 is 2.50 bits per heavy atom. The first kappa shape index (κ1) is 13.9. The molecule has 2 atom stereocenters. The zero-order chi connectivity index (χ0) is 10.8. The summed E-state index contributed by atoms with van der Waals surface area (Å²) in [6, 6.07) is 0. The molecule has 1 N–H and O–H groups in total. The molecule has 86 valence electrons. The number of hydrogen-bond acceptors (Lipinski definition) is 2. The Morgan fingerprint density at radius 1 is 1.21 bits per heavy atom. The van der Waals surface area contributed by atoms with Crippen LogP contribution < -0.4 is 0 Å². The lowest BCUT2D eigenvalue weighted by atomic mass is 10.0. The van der Waals surface area contributed by atoms with Crippen LogP contribution in [0.4, 0.5) is 0 Å². The molecule has 0 aromatic heterocycles. The van der Waals surface area contributed by atoms with Gasteiger partial charge in [-0.15, -0.1) is 0 Å². The maximum atomic E-state index is 9.23. The van der Waals surface area contributed by atoms with Crippen LogP contribution in [0.25, 0.3) is 0 Å². The van der Waals surface area contributed by atoms with Crippen LogP contribution >= 0.6 is 0 Å². The van der Waals surface area contributed by atoms with Gasteiger partial charge < -0.3 is 9.84 Å². The van der Waals surface area contributed by atoms with Crippen molar-refractivity contribution in [2.45, 2.75) is 59.0 Å². The van der Waals surface area contributed by atoms with E-state index in [1.54, 1.807) is 0 Å². The minimum atomic E-state index is -0.275. The number of ether oxygens (including phenoxy) is 1. The van der Waals surface area contributed by atoms with Crippen LogP contribution in [0.3, 0.4) is 0 Å². The van der Waals surface area contributed by atoms with Crippen molar-refractivity contribution in [2.75, 3.05) is 13.2 Å². The van der Waals surface area contributed by atoms with E-state index >= 15 is 0 Å². The van der Waals surface area contributed by atoms with E-state index in [0.717, 1.165) is 25.4 Å². The van der Waals surface area contributed by atoms with Gasteiger partial charge >= 0.3 is 0 Å². The minimum Gasteiger partial charge on any atom is -0.391 e. The van der Waals surface area contributed by atoms with E-state index < -0.39 is 0 Å². The Labute approximate surface area is 88.7 Å². The van der Waals surface area contributed by atoms with Gasteiger partial charge in [0.25, 0.3) is 0 Å². The summed E-state index contributed by atoms with van der Waals surface area (Å²) in [6.45, 7) is 7.79. The molecule has 0 aromatic rings. The van der Waals surface area contributed by atoms with E-state index in [9.17, 15) is 5.11 Å². The summed E-state index contributed by atoms with van der Waals surface area (Å²) in [5, 5.41) is 9.23. The topological polar surface area (TPSA) is 29.5 Å². The quantitative estimate of drug-likeness (QED) is 0.582. The Balaban J connectivity index is 3.13. The largest absolute Gasteiger partial charge is 0.391 e. The Morgan fingerprint density at radius 2 is 1.93 bits per heavy atom. The Bertz CT molecular complexity index is 115. The van der Waals surface area contributed by atoms with Gasteiger partial charge in [-0.25, -0.2) is 0 Å². The monoisotopic (exact) mass is 202 g/mol. The minimum absolute atomic E-state index is 0.275. The summed E-state index contributed by atoms with van der Waals surface area (Å²) in [6.07, 6.45) is 5.47. The Kier molecular flexibility index (Phi) is 9.42. The predicted octanol–water partition coefficient (Wildman–Crippen LogP) is 2.99. The molecule has 0 aliphatic heterocycles. The van der Waals surface area contributed by atoms with Crippen LogP contribution in [0, 0.1) is 5.92 Å². The van der Waals surface area contributed by atoms with E-state index in [-0.39, 0.29) is 6.10 Å². The van der Waals surface area contributed by atoms with E-state index in [1.165, 1.54) is 19.3 Å². The average molecular weight is 202 g/mol. The Hall–Kier alpha value is -0.0800. The predicted molar refractivity (Wildman–Crippen MR) is 60.4 cm³/mol.